The van der Waals surface area contributed by atoms with Crippen LogP contribution in [0.4, 0.5) is 11.4 Å². The molecule has 3 aromatic carbocycles. The Morgan fingerprint density at radius 3 is 1.92 bits per heavy atom. The second-order valence-electron chi connectivity index (χ2n) is 9.05. The SMILES string of the molecule is CCOc1cc(NS(=O)(=O)c2ccc(Br)cc2)c(OCC)cc1NC(=O)c1ccc(C(C)(C)C)cc1. The van der Waals surface area contributed by atoms with E-state index in [0.717, 1.165) is 10.0 Å². The zero-order chi connectivity index (χ0) is 26.5. The van der Waals surface area contributed by atoms with Gasteiger partial charge in [0.15, 0.2) is 0 Å². The Morgan fingerprint density at radius 2 is 1.39 bits per heavy atom. The lowest BCUT2D eigenvalue weighted by Crippen LogP contribution is -2.16. The van der Waals surface area contributed by atoms with E-state index in [-0.39, 0.29) is 27.7 Å². The molecule has 0 unspecified atom stereocenters. The zero-order valence-corrected chi connectivity index (χ0v) is 23.4. The van der Waals surface area contributed by atoms with E-state index in [1.165, 1.54) is 18.2 Å². The van der Waals surface area contributed by atoms with E-state index in [0.29, 0.717) is 30.2 Å². The van der Waals surface area contributed by atoms with Crippen LogP contribution >= 0.6 is 15.9 Å². The molecule has 0 aliphatic rings. The lowest BCUT2D eigenvalue weighted by molar-refractivity contribution is 0.102. The average molecular weight is 576 g/mol. The maximum atomic E-state index is 13.0. The van der Waals surface area contributed by atoms with Crippen molar-refractivity contribution in [3.63, 3.8) is 0 Å². The Balaban J connectivity index is 1.94. The third-order valence-corrected chi connectivity index (χ3v) is 7.22. The maximum Gasteiger partial charge on any atom is 0.262 e. The first-order valence-corrected chi connectivity index (χ1v) is 13.9. The number of anilines is 2. The van der Waals surface area contributed by atoms with Gasteiger partial charge >= 0.3 is 0 Å². The molecule has 1 amide bonds. The Morgan fingerprint density at radius 1 is 0.861 bits per heavy atom. The number of amides is 1. The molecule has 0 fully saturated rings. The third-order valence-electron chi connectivity index (χ3n) is 5.31. The summed E-state index contributed by atoms with van der Waals surface area (Å²) in [6, 6.07) is 16.8. The van der Waals surface area contributed by atoms with Gasteiger partial charge in [-0.3, -0.25) is 9.52 Å². The quantitative estimate of drug-likeness (QED) is 0.300. The fourth-order valence-corrected chi connectivity index (χ4v) is 4.75. The van der Waals surface area contributed by atoms with Crippen LogP contribution in [0.1, 0.15) is 50.5 Å². The van der Waals surface area contributed by atoms with Crippen LogP contribution in [0.3, 0.4) is 0 Å². The highest BCUT2D eigenvalue weighted by Crippen LogP contribution is 2.38. The number of hydrogen-bond acceptors (Lipinski definition) is 5. The van der Waals surface area contributed by atoms with Gasteiger partial charge in [-0.15, -0.1) is 0 Å². The smallest absolute Gasteiger partial charge is 0.262 e. The predicted molar refractivity (Wildman–Crippen MR) is 147 cm³/mol. The molecule has 192 valence electrons. The van der Waals surface area contributed by atoms with E-state index in [1.54, 1.807) is 44.2 Å². The van der Waals surface area contributed by atoms with Crippen molar-refractivity contribution in [2.75, 3.05) is 23.3 Å². The molecule has 0 radical (unpaired) electrons. The minimum absolute atomic E-state index is 0.0249. The van der Waals surface area contributed by atoms with Crippen molar-refractivity contribution in [2.24, 2.45) is 0 Å². The van der Waals surface area contributed by atoms with Gasteiger partial charge in [0, 0.05) is 22.2 Å². The normalized spacial score (nSPS) is 11.6. The first-order chi connectivity index (χ1) is 16.9. The highest BCUT2D eigenvalue weighted by Gasteiger charge is 2.21. The van der Waals surface area contributed by atoms with Gasteiger partial charge in [0.25, 0.3) is 15.9 Å². The number of halogens is 1. The Kier molecular flexibility index (Phi) is 8.68. The van der Waals surface area contributed by atoms with Crippen molar-refractivity contribution in [1.82, 2.24) is 0 Å². The van der Waals surface area contributed by atoms with Gasteiger partial charge in [-0.1, -0.05) is 48.8 Å². The number of benzene rings is 3. The highest BCUT2D eigenvalue weighted by molar-refractivity contribution is 9.10. The molecule has 0 saturated heterocycles. The number of carbonyl (C=O) groups is 1. The lowest BCUT2D eigenvalue weighted by Gasteiger charge is -2.20. The van der Waals surface area contributed by atoms with Gasteiger partial charge in [0.1, 0.15) is 11.5 Å². The van der Waals surface area contributed by atoms with Crippen LogP contribution in [-0.4, -0.2) is 27.5 Å². The fourth-order valence-electron chi connectivity index (χ4n) is 3.42. The molecule has 0 aliphatic heterocycles. The Hall–Kier alpha value is -3.04. The van der Waals surface area contributed by atoms with Crippen LogP contribution < -0.4 is 19.5 Å². The van der Waals surface area contributed by atoms with Crippen molar-refractivity contribution in [3.05, 3.63) is 76.3 Å². The van der Waals surface area contributed by atoms with Crippen LogP contribution in [-0.2, 0) is 15.4 Å². The van der Waals surface area contributed by atoms with E-state index in [1.807, 2.05) is 12.1 Å². The third kappa shape index (κ3) is 6.79. The number of sulfonamides is 1. The molecule has 7 nitrogen and oxygen atoms in total. The van der Waals surface area contributed by atoms with Crippen molar-refractivity contribution in [3.8, 4) is 11.5 Å². The predicted octanol–water partition coefficient (Wildman–Crippen LogP) is 6.60. The average Bonchev–Trinajstić information content (AvgIpc) is 2.81. The molecule has 36 heavy (non-hydrogen) atoms. The Bertz CT molecular complexity index is 1320. The summed E-state index contributed by atoms with van der Waals surface area (Å²) in [5.41, 5.74) is 2.16. The fraction of sp³-hybridized carbons (Fsp3) is 0.296. The van der Waals surface area contributed by atoms with Crippen LogP contribution in [0.2, 0.25) is 0 Å². The molecule has 0 saturated carbocycles. The number of carbonyl (C=O) groups excluding carboxylic acids is 1. The van der Waals surface area contributed by atoms with Crippen molar-refractivity contribution in [1.29, 1.82) is 0 Å². The summed E-state index contributed by atoms with van der Waals surface area (Å²) >= 11 is 3.31. The number of hydrogen-bond donors (Lipinski definition) is 2. The highest BCUT2D eigenvalue weighted by atomic mass is 79.9. The van der Waals surface area contributed by atoms with Gasteiger partial charge in [0.2, 0.25) is 0 Å². The summed E-state index contributed by atoms with van der Waals surface area (Å²) in [5.74, 6) is 0.260. The number of ether oxygens (including phenoxy) is 2. The van der Waals surface area contributed by atoms with Gasteiger partial charge < -0.3 is 14.8 Å². The minimum atomic E-state index is -3.89. The van der Waals surface area contributed by atoms with Gasteiger partial charge in [-0.25, -0.2) is 8.42 Å². The molecule has 0 heterocycles. The number of rotatable bonds is 9. The maximum absolute atomic E-state index is 13.0. The molecule has 2 N–H and O–H groups in total. The molecule has 0 bridgehead atoms. The molecular formula is C27H31BrN2O5S. The first kappa shape index (κ1) is 27.5. The van der Waals surface area contributed by atoms with Crippen molar-refractivity contribution >= 4 is 43.2 Å². The second kappa shape index (κ2) is 11.3. The minimum Gasteiger partial charge on any atom is -0.492 e. The summed E-state index contributed by atoms with van der Waals surface area (Å²) in [6.45, 7) is 10.5. The number of nitrogens with one attached hydrogen (secondary N) is 2. The van der Waals surface area contributed by atoms with Gasteiger partial charge in [0.05, 0.1) is 29.5 Å². The topological polar surface area (TPSA) is 93.7 Å². The van der Waals surface area contributed by atoms with Gasteiger partial charge in [-0.2, -0.15) is 0 Å². The molecule has 0 aromatic heterocycles. The van der Waals surface area contributed by atoms with E-state index in [2.05, 4.69) is 46.7 Å². The molecule has 3 aromatic rings. The van der Waals surface area contributed by atoms with E-state index in [9.17, 15) is 13.2 Å². The second-order valence-corrected chi connectivity index (χ2v) is 11.6. The van der Waals surface area contributed by atoms with Crippen LogP contribution in [0, 0.1) is 0 Å². The monoisotopic (exact) mass is 574 g/mol. The van der Waals surface area contributed by atoms with Crippen LogP contribution in [0.15, 0.2) is 70.0 Å². The summed E-state index contributed by atoms with van der Waals surface area (Å²) in [6.07, 6.45) is 0. The van der Waals surface area contributed by atoms with Crippen molar-refractivity contribution < 1.29 is 22.7 Å². The molecule has 0 atom stereocenters. The van der Waals surface area contributed by atoms with Crippen LogP contribution in [0.25, 0.3) is 0 Å². The summed E-state index contributed by atoms with van der Waals surface area (Å²) < 4.78 is 40.8. The van der Waals surface area contributed by atoms with Crippen molar-refractivity contribution in [2.45, 2.75) is 44.9 Å². The zero-order valence-electron chi connectivity index (χ0n) is 21.0. The molecule has 9 heteroatoms. The van der Waals surface area contributed by atoms with Gasteiger partial charge in [-0.05, 0) is 61.2 Å². The lowest BCUT2D eigenvalue weighted by atomic mass is 9.87. The van der Waals surface area contributed by atoms with Crippen LogP contribution in [0.5, 0.6) is 11.5 Å². The van der Waals surface area contributed by atoms with E-state index >= 15 is 0 Å². The molecular weight excluding hydrogens is 544 g/mol. The summed E-state index contributed by atoms with van der Waals surface area (Å²) in [4.78, 5) is 13.1. The van der Waals surface area contributed by atoms with E-state index < -0.39 is 10.0 Å². The van der Waals surface area contributed by atoms with E-state index in [4.69, 9.17) is 9.47 Å². The summed E-state index contributed by atoms with van der Waals surface area (Å²) in [7, 11) is -3.89. The molecule has 0 spiro atoms. The largest absolute Gasteiger partial charge is 0.492 e. The molecule has 3 rings (SSSR count). The Labute approximate surface area is 221 Å². The first-order valence-electron chi connectivity index (χ1n) is 11.6. The standard InChI is InChI=1S/C27H31BrN2O5S/c1-6-34-24-17-23(30-36(32,33)21-14-12-20(28)13-15-21)25(35-7-2)16-22(24)29-26(31)18-8-10-19(11-9-18)27(3,4)5/h8-17,30H,6-7H2,1-5H3,(H,29,31). The summed E-state index contributed by atoms with van der Waals surface area (Å²) in [5, 5.41) is 2.87. The molecule has 0 aliphatic carbocycles.